The summed E-state index contributed by atoms with van der Waals surface area (Å²) in [6.07, 6.45) is 6.53. The molecule has 2 rings (SSSR count). The molecule has 1 saturated heterocycles. The van der Waals surface area contributed by atoms with E-state index in [9.17, 15) is 9.59 Å². The third-order valence-corrected chi connectivity index (χ3v) is 3.17. The van der Waals surface area contributed by atoms with Gasteiger partial charge in [0.1, 0.15) is 5.57 Å². The number of benzene rings is 1. The summed E-state index contributed by atoms with van der Waals surface area (Å²) in [5.74, 6) is -0.899. The molecule has 1 aromatic rings. The van der Waals surface area contributed by atoms with E-state index in [0.29, 0.717) is 0 Å². The van der Waals surface area contributed by atoms with Crippen molar-refractivity contribution in [1.29, 1.82) is 0 Å². The first-order valence-electron chi connectivity index (χ1n) is 6.35. The average Bonchev–Trinajstić information content (AvgIpc) is 2.48. The number of rotatable bonds is 4. The van der Waals surface area contributed by atoms with Crippen LogP contribution in [-0.4, -0.2) is 28.4 Å². The molecule has 0 bridgehead atoms. The molecule has 0 radical (unpaired) electrons. The topological polar surface area (TPSA) is 49.4 Å². The molecule has 1 aliphatic heterocycles. The Kier molecular flexibility index (Phi) is 4.79. The normalized spacial score (nSPS) is 17.4. The van der Waals surface area contributed by atoms with Gasteiger partial charge in [0, 0.05) is 6.54 Å². The Morgan fingerprint density at radius 3 is 2.62 bits per heavy atom. The fourth-order valence-electron chi connectivity index (χ4n) is 1.83. The zero-order valence-corrected chi connectivity index (χ0v) is 12.1. The van der Waals surface area contributed by atoms with Crippen LogP contribution in [0, 0.1) is 0 Å². The van der Waals surface area contributed by atoms with Crippen molar-refractivity contribution < 1.29 is 9.59 Å². The third-order valence-electron chi connectivity index (χ3n) is 2.85. The van der Waals surface area contributed by atoms with Gasteiger partial charge in [-0.2, -0.15) is 0 Å². The summed E-state index contributed by atoms with van der Waals surface area (Å²) in [7, 11) is 0. The molecule has 0 aromatic heterocycles. The van der Waals surface area contributed by atoms with Gasteiger partial charge in [-0.15, -0.1) is 6.58 Å². The van der Waals surface area contributed by atoms with Crippen molar-refractivity contribution in [3.63, 3.8) is 0 Å². The van der Waals surface area contributed by atoms with Gasteiger partial charge in [0.2, 0.25) is 0 Å². The van der Waals surface area contributed by atoms with Crippen LogP contribution >= 0.6 is 12.2 Å². The van der Waals surface area contributed by atoms with Gasteiger partial charge in [0.25, 0.3) is 11.8 Å². The Labute approximate surface area is 128 Å². The summed E-state index contributed by atoms with van der Waals surface area (Å²) < 4.78 is 0. The van der Waals surface area contributed by atoms with Crippen LogP contribution in [0.3, 0.4) is 0 Å². The molecule has 1 fully saturated rings. The number of carbonyl (C=O) groups excluding carboxylic acids is 2. The average molecular weight is 298 g/mol. The monoisotopic (exact) mass is 298 g/mol. The number of amides is 2. The second-order valence-electron chi connectivity index (χ2n) is 4.31. The molecule has 21 heavy (non-hydrogen) atoms. The first kappa shape index (κ1) is 14.9. The van der Waals surface area contributed by atoms with Gasteiger partial charge in [-0.1, -0.05) is 48.6 Å². The van der Waals surface area contributed by atoms with Crippen LogP contribution in [0.2, 0.25) is 0 Å². The number of hydrogen-bond donors (Lipinski definition) is 1. The number of nitrogens with zero attached hydrogens (tertiary/aromatic N) is 1. The van der Waals surface area contributed by atoms with Gasteiger partial charge in [0.05, 0.1) is 0 Å². The van der Waals surface area contributed by atoms with Gasteiger partial charge in [-0.3, -0.25) is 19.8 Å². The van der Waals surface area contributed by atoms with Crippen molar-refractivity contribution in [1.82, 2.24) is 10.2 Å². The molecule has 5 heteroatoms. The third kappa shape index (κ3) is 3.52. The Morgan fingerprint density at radius 2 is 1.95 bits per heavy atom. The van der Waals surface area contributed by atoms with Crippen molar-refractivity contribution in [2.75, 3.05) is 6.54 Å². The van der Waals surface area contributed by atoms with E-state index < -0.39 is 11.8 Å². The van der Waals surface area contributed by atoms with Gasteiger partial charge in [0.15, 0.2) is 5.11 Å². The number of nitrogens with one attached hydrogen (secondary N) is 1. The predicted octanol–water partition coefficient (Wildman–Crippen LogP) is 2.06. The molecule has 0 spiro atoms. The Morgan fingerprint density at radius 1 is 1.24 bits per heavy atom. The lowest BCUT2D eigenvalue weighted by Crippen LogP contribution is -2.53. The maximum absolute atomic E-state index is 12.2. The van der Waals surface area contributed by atoms with Crippen molar-refractivity contribution >= 4 is 35.2 Å². The van der Waals surface area contributed by atoms with Crippen molar-refractivity contribution in [3.05, 3.63) is 66.3 Å². The minimum absolute atomic E-state index is 0.0534. The summed E-state index contributed by atoms with van der Waals surface area (Å²) in [5.41, 5.74) is 1.04. The number of thiocarbonyl (C=S) groups is 1. The highest BCUT2D eigenvalue weighted by atomic mass is 32.1. The predicted molar refractivity (Wildman–Crippen MR) is 86.2 cm³/mol. The van der Waals surface area contributed by atoms with Crippen LogP contribution in [0.1, 0.15) is 5.56 Å². The quantitative estimate of drug-likeness (QED) is 0.400. The van der Waals surface area contributed by atoms with Crippen LogP contribution in [-0.2, 0) is 9.59 Å². The largest absolute Gasteiger partial charge is 0.298 e. The molecule has 1 aromatic carbocycles. The zero-order chi connectivity index (χ0) is 15.2. The van der Waals surface area contributed by atoms with Crippen LogP contribution in [0.5, 0.6) is 0 Å². The van der Waals surface area contributed by atoms with Crippen LogP contribution in [0.25, 0.3) is 6.08 Å². The number of hydrogen-bond acceptors (Lipinski definition) is 3. The highest BCUT2D eigenvalue weighted by Crippen LogP contribution is 2.11. The molecule has 4 nitrogen and oxygen atoms in total. The van der Waals surface area contributed by atoms with Gasteiger partial charge < -0.3 is 0 Å². The second kappa shape index (κ2) is 6.76. The molecule has 106 valence electrons. The standard InChI is InChI=1S/C16H14N2O2S/c1-2-11-18-15(20)13(14(19)17-16(18)21)10-6-9-12-7-4-3-5-8-12/h2-10H,1,11H2,(H,17,19,21)/b9-6+,13-10+. The smallest absolute Gasteiger partial charge is 0.265 e. The SMILES string of the molecule is C=CCN1C(=O)/C(=C/C=C/c2ccccc2)C(=O)NC1=S. The molecule has 0 unspecified atom stereocenters. The summed E-state index contributed by atoms with van der Waals surface area (Å²) in [5, 5.41) is 2.60. The zero-order valence-electron chi connectivity index (χ0n) is 11.3. The van der Waals surface area contributed by atoms with E-state index in [-0.39, 0.29) is 17.2 Å². The first-order valence-corrected chi connectivity index (χ1v) is 6.76. The van der Waals surface area contributed by atoms with E-state index in [1.165, 1.54) is 11.0 Å². The molecule has 0 aliphatic carbocycles. The van der Waals surface area contributed by atoms with E-state index in [0.717, 1.165) is 5.56 Å². The van der Waals surface area contributed by atoms with E-state index in [1.807, 2.05) is 36.4 Å². The Bertz CT molecular complexity index is 648. The first-order chi connectivity index (χ1) is 10.1. The maximum Gasteiger partial charge on any atom is 0.265 e. The van der Waals surface area contributed by atoms with Gasteiger partial charge >= 0.3 is 0 Å². The maximum atomic E-state index is 12.2. The van der Waals surface area contributed by atoms with E-state index in [2.05, 4.69) is 11.9 Å². The van der Waals surface area contributed by atoms with Crippen molar-refractivity contribution in [2.24, 2.45) is 0 Å². The Balaban J connectivity index is 2.20. The summed E-state index contributed by atoms with van der Waals surface area (Å²) in [6.45, 7) is 3.83. The lowest BCUT2D eigenvalue weighted by Gasteiger charge is -2.27. The molecular formula is C16H14N2O2S. The molecule has 1 heterocycles. The van der Waals surface area contributed by atoms with Gasteiger partial charge in [-0.05, 0) is 23.9 Å². The van der Waals surface area contributed by atoms with Crippen LogP contribution in [0.15, 0.2) is 60.7 Å². The fourth-order valence-corrected chi connectivity index (χ4v) is 2.08. The second-order valence-corrected chi connectivity index (χ2v) is 4.70. The van der Waals surface area contributed by atoms with E-state index in [1.54, 1.807) is 12.2 Å². The van der Waals surface area contributed by atoms with Crippen LogP contribution < -0.4 is 5.32 Å². The minimum atomic E-state index is -0.483. The van der Waals surface area contributed by atoms with Gasteiger partial charge in [-0.25, -0.2) is 0 Å². The molecule has 1 N–H and O–H groups in total. The molecule has 0 atom stereocenters. The lowest BCUT2D eigenvalue weighted by molar-refractivity contribution is -0.128. The van der Waals surface area contributed by atoms with Crippen molar-refractivity contribution in [3.8, 4) is 0 Å². The van der Waals surface area contributed by atoms with Crippen LogP contribution in [0.4, 0.5) is 0 Å². The highest BCUT2D eigenvalue weighted by molar-refractivity contribution is 7.80. The number of carbonyl (C=O) groups is 2. The summed E-state index contributed by atoms with van der Waals surface area (Å²) >= 11 is 4.97. The number of allylic oxidation sites excluding steroid dienone is 2. The molecule has 2 amide bonds. The fraction of sp³-hybridized carbons (Fsp3) is 0.0625. The highest BCUT2D eigenvalue weighted by Gasteiger charge is 2.31. The summed E-state index contributed by atoms with van der Waals surface area (Å²) in [6, 6.07) is 9.60. The molecule has 1 aliphatic rings. The molecular weight excluding hydrogens is 284 g/mol. The van der Waals surface area contributed by atoms with Crippen molar-refractivity contribution in [2.45, 2.75) is 0 Å². The molecule has 0 saturated carbocycles. The summed E-state index contributed by atoms with van der Waals surface area (Å²) in [4.78, 5) is 25.3. The Hall–Kier alpha value is -2.53. The van der Waals surface area contributed by atoms with E-state index in [4.69, 9.17) is 12.2 Å². The minimum Gasteiger partial charge on any atom is -0.298 e. The lowest BCUT2D eigenvalue weighted by atomic mass is 10.1. The van der Waals surface area contributed by atoms with E-state index >= 15 is 0 Å².